The highest BCUT2D eigenvalue weighted by atomic mass is 16.3. The van der Waals surface area contributed by atoms with E-state index in [1.165, 1.54) is 24.3 Å². The third-order valence-corrected chi connectivity index (χ3v) is 3.26. The van der Waals surface area contributed by atoms with Crippen LogP contribution in [-0.2, 0) is 0 Å². The van der Waals surface area contributed by atoms with Gasteiger partial charge >= 0.3 is 0 Å². The first-order valence-electron chi connectivity index (χ1n) is 6.98. The van der Waals surface area contributed by atoms with Gasteiger partial charge in [-0.1, -0.05) is 12.1 Å². The highest BCUT2D eigenvalue weighted by Gasteiger charge is 2.02. The van der Waals surface area contributed by atoms with Crippen LogP contribution in [0.3, 0.4) is 0 Å². The van der Waals surface area contributed by atoms with E-state index in [9.17, 15) is 9.59 Å². The number of phenolic OH excluding ortho intramolecular Hbond substituents is 2. The monoisotopic (exact) mass is 324 g/mol. The Bertz CT molecular complexity index is 815. The maximum Gasteiger partial charge on any atom is 0.248 e. The van der Waals surface area contributed by atoms with E-state index < -0.39 is 11.8 Å². The first kappa shape index (κ1) is 16.8. The van der Waals surface area contributed by atoms with E-state index in [2.05, 4.69) is 0 Å². The fourth-order valence-electron chi connectivity index (χ4n) is 2.02. The van der Waals surface area contributed by atoms with Crippen molar-refractivity contribution in [2.45, 2.75) is 0 Å². The van der Waals surface area contributed by atoms with Gasteiger partial charge in [0.25, 0.3) is 0 Å². The van der Waals surface area contributed by atoms with Crippen molar-refractivity contribution in [1.29, 1.82) is 0 Å². The number of nitrogens with two attached hydrogens (primary N) is 2. The van der Waals surface area contributed by atoms with E-state index in [0.29, 0.717) is 11.1 Å². The van der Waals surface area contributed by atoms with Crippen LogP contribution in [0, 0.1) is 0 Å². The number of rotatable bonds is 2. The van der Waals surface area contributed by atoms with Gasteiger partial charge in [-0.2, -0.15) is 0 Å². The highest BCUT2D eigenvalue weighted by molar-refractivity contribution is 5.96. The Morgan fingerprint density at radius 3 is 1.25 bits per heavy atom. The van der Waals surface area contributed by atoms with Gasteiger partial charge in [-0.05, 0) is 59.3 Å². The lowest BCUT2D eigenvalue weighted by atomic mass is 10.1. The first-order valence-corrected chi connectivity index (χ1v) is 6.98. The van der Waals surface area contributed by atoms with E-state index in [-0.39, 0.29) is 11.5 Å². The normalized spacial score (nSPS) is 9.83. The van der Waals surface area contributed by atoms with E-state index in [1.807, 2.05) is 0 Å². The molecule has 3 rings (SSSR count). The molecule has 0 heterocycles. The predicted octanol–water partition coefficient (Wildman–Crippen LogP) is 2.14. The molecule has 6 nitrogen and oxygen atoms in total. The molecule has 6 heteroatoms. The largest absolute Gasteiger partial charge is 0.508 e. The highest BCUT2D eigenvalue weighted by Crippen LogP contribution is 2.23. The zero-order valence-electron chi connectivity index (χ0n) is 12.6. The molecule has 0 saturated carbocycles. The molecule has 122 valence electrons. The summed E-state index contributed by atoms with van der Waals surface area (Å²) in [7, 11) is 0. The average molecular weight is 324 g/mol. The number of primary amides is 2. The van der Waals surface area contributed by atoms with Crippen molar-refractivity contribution in [3.8, 4) is 11.5 Å². The van der Waals surface area contributed by atoms with Crippen LogP contribution in [0.15, 0.2) is 60.7 Å². The Hall–Kier alpha value is -3.54. The van der Waals surface area contributed by atoms with Crippen LogP contribution in [-0.4, -0.2) is 22.0 Å². The quantitative estimate of drug-likeness (QED) is 0.576. The lowest BCUT2D eigenvalue weighted by Gasteiger charge is -1.98. The van der Waals surface area contributed by atoms with Crippen molar-refractivity contribution >= 4 is 22.6 Å². The maximum absolute atomic E-state index is 10.6. The molecule has 0 aliphatic rings. The molecule has 3 aromatic rings. The number of carbonyl (C=O) groups is 2. The van der Waals surface area contributed by atoms with Gasteiger partial charge < -0.3 is 21.7 Å². The summed E-state index contributed by atoms with van der Waals surface area (Å²) in [4.78, 5) is 21.2. The molecule has 0 unspecified atom stereocenters. The van der Waals surface area contributed by atoms with Crippen LogP contribution >= 0.6 is 0 Å². The first-order chi connectivity index (χ1) is 11.4. The van der Waals surface area contributed by atoms with Gasteiger partial charge in [-0.3, -0.25) is 9.59 Å². The molecule has 0 aromatic heterocycles. The Morgan fingerprint density at radius 1 is 0.625 bits per heavy atom. The predicted molar refractivity (Wildman–Crippen MR) is 90.8 cm³/mol. The third kappa shape index (κ3) is 4.23. The Kier molecular flexibility index (Phi) is 5.01. The van der Waals surface area contributed by atoms with Gasteiger partial charge in [-0.15, -0.1) is 0 Å². The average Bonchev–Trinajstić information content (AvgIpc) is 2.55. The van der Waals surface area contributed by atoms with Crippen LogP contribution in [0.5, 0.6) is 11.5 Å². The van der Waals surface area contributed by atoms with Crippen molar-refractivity contribution in [1.82, 2.24) is 0 Å². The molecule has 0 atom stereocenters. The minimum absolute atomic E-state index is 0.244. The van der Waals surface area contributed by atoms with Gasteiger partial charge in [0.15, 0.2) is 0 Å². The van der Waals surface area contributed by atoms with E-state index in [0.717, 1.165) is 10.8 Å². The number of amides is 2. The molecule has 24 heavy (non-hydrogen) atoms. The topological polar surface area (TPSA) is 127 Å². The lowest BCUT2D eigenvalue weighted by molar-refractivity contribution is 0.0988. The molecular weight excluding hydrogens is 308 g/mol. The zero-order chi connectivity index (χ0) is 17.7. The summed E-state index contributed by atoms with van der Waals surface area (Å²) in [6, 6.07) is 15.9. The second-order valence-corrected chi connectivity index (χ2v) is 5.02. The van der Waals surface area contributed by atoms with Crippen LogP contribution in [0.4, 0.5) is 0 Å². The molecule has 6 N–H and O–H groups in total. The van der Waals surface area contributed by atoms with Gasteiger partial charge in [0.2, 0.25) is 11.8 Å². The minimum Gasteiger partial charge on any atom is -0.508 e. The van der Waals surface area contributed by atoms with Crippen molar-refractivity contribution < 1.29 is 19.8 Å². The standard InChI is InChI=1S/C10H8O2.C8H8N2O2/c11-9-3-1-7-5-10(12)4-2-8(7)6-9;9-7(11)5-1-2-6(4-3-5)8(10)12/h1-6,11-12H;1-4H,(H2,9,11)(H2,10,12). The van der Waals surface area contributed by atoms with Gasteiger partial charge in [-0.25, -0.2) is 0 Å². The molecule has 0 spiro atoms. The number of fused-ring (bicyclic) bond motifs is 1. The summed E-state index contributed by atoms with van der Waals surface area (Å²) in [6.45, 7) is 0. The molecule has 2 amide bonds. The number of phenols is 2. The summed E-state index contributed by atoms with van der Waals surface area (Å²) in [5.74, 6) is -0.557. The third-order valence-electron chi connectivity index (χ3n) is 3.26. The van der Waals surface area contributed by atoms with E-state index in [1.54, 1.807) is 36.4 Å². The number of hydrogen-bond acceptors (Lipinski definition) is 4. The molecule has 0 bridgehead atoms. The molecule has 3 aromatic carbocycles. The fourth-order valence-corrected chi connectivity index (χ4v) is 2.02. The molecule has 0 aliphatic heterocycles. The molecule has 0 saturated heterocycles. The Balaban J connectivity index is 0.000000174. The molecule has 0 aliphatic carbocycles. The summed E-state index contributed by atoms with van der Waals surface area (Å²) >= 11 is 0. The number of carbonyl (C=O) groups excluding carboxylic acids is 2. The number of hydrogen-bond donors (Lipinski definition) is 4. The second-order valence-electron chi connectivity index (χ2n) is 5.02. The van der Waals surface area contributed by atoms with Crippen LogP contribution in [0.1, 0.15) is 20.7 Å². The summed E-state index contributed by atoms with van der Waals surface area (Å²) < 4.78 is 0. The van der Waals surface area contributed by atoms with Crippen molar-refractivity contribution in [3.05, 3.63) is 71.8 Å². The Labute approximate surface area is 137 Å². The Morgan fingerprint density at radius 2 is 0.958 bits per heavy atom. The van der Waals surface area contributed by atoms with E-state index in [4.69, 9.17) is 21.7 Å². The van der Waals surface area contributed by atoms with Gasteiger partial charge in [0, 0.05) is 11.1 Å². The van der Waals surface area contributed by atoms with Crippen LogP contribution < -0.4 is 11.5 Å². The second kappa shape index (κ2) is 7.15. The summed E-state index contributed by atoms with van der Waals surface area (Å²) in [6.07, 6.45) is 0. The maximum atomic E-state index is 10.6. The minimum atomic E-state index is -0.522. The summed E-state index contributed by atoms with van der Waals surface area (Å²) in [5.41, 5.74) is 10.7. The lowest BCUT2D eigenvalue weighted by Crippen LogP contribution is -2.13. The van der Waals surface area contributed by atoms with Crippen molar-refractivity contribution in [3.63, 3.8) is 0 Å². The van der Waals surface area contributed by atoms with Crippen LogP contribution in [0.25, 0.3) is 10.8 Å². The molecule has 0 fully saturated rings. The molecule has 0 radical (unpaired) electrons. The smallest absolute Gasteiger partial charge is 0.248 e. The SMILES string of the molecule is NC(=O)c1ccc(C(N)=O)cc1.Oc1ccc2cc(O)ccc2c1. The number of benzene rings is 3. The fraction of sp³-hybridized carbons (Fsp3) is 0. The van der Waals surface area contributed by atoms with Crippen LogP contribution in [0.2, 0.25) is 0 Å². The van der Waals surface area contributed by atoms with Gasteiger partial charge in [0.1, 0.15) is 11.5 Å². The van der Waals surface area contributed by atoms with Gasteiger partial charge in [0.05, 0.1) is 0 Å². The summed E-state index contributed by atoms with van der Waals surface area (Å²) in [5, 5.41) is 20.1. The molecular formula is C18H16N2O4. The zero-order valence-corrected chi connectivity index (χ0v) is 12.6. The number of aromatic hydroxyl groups is 2. The van der Waals surface area contributed by atoms with E-state index >= 15 is 0 Å². The van der Waals surface area contributed by atoms with Crippen molar-refractivity contribution in [2.24, 2.45) is 11.5 Å². The van der Waals surface area contributed by atoms with Crippen molar-refractivity contribution in [2.75, 3.05) is 0 Å².